The maximum absolute atomic E-state index is 6.05. The van der Waals surface area contributed by atoms with E-state index in [1.165, 1.54) is 51.9 Å². The third-order valence-electron chi connectivity index (χ3n) is 5.15. The summed E-state index contributed by atoms with van der Waals surface area (Å²) in [5, 5.41) is 0. The quantitative estimate of drug-likeness (QED) is 0.733. The van der Waals surface area contributed by atoms with Crippen molar-refractivity contribution in [2.75, 3.05) is 52.5 Å². The standard InChI is InChI=1S/C19H28N4O2/c1-2-8-18-17(7-1)20-19(24-15-13-21-9-3-4-10-21)23(18)25-16-14-22-11-5-6-12-22/h1-2,7-8H,3-6,9-16H2. The van der Waals surface area contributed by atoms with Crippen molar-refractivity contribution in [2.45, 2.75) is 25.7 Å². The van der Waals surface area contributed by atoms with Crippen LogP contribution in [-0.4, -0.2) is 72.0 Å². The Bertz CT molecular complexity index is 675. The Kier molecular flexibility index (Phi) is 5.37. The third kappa shape index (κ3) is 4.07. The highest BCUT2D eigenvalue weighted by Gasteiger charge is 2.16. The number of hydrogen-bond acceptors (Lipinski definition) is 5. The van der Waals surface area contributed by atoms with E-state index in [0.717, 1.165) is 24.1 Å². The van der Waals surface area contributed by atoms with Gasteiger partial charge in [0.05, 0.1) is 5.52 Å². The summed E-state index contributed by atoms with van der Waals surface area (Å²) in [6.45, 7) is 7.97. The van der Waals surface area contributed by atoms with Gasteiger partial charge in [-0.05, 0) is 64.0 Å². The largest absolute Gasteiger partial charge is 0.461 e. The topological polar surface area (TPSA) is 42.8 Å². The summed E-state index contributed by atoms with van der Waals surface area (Å²) in [7, 11) is 0. The van der Waals surface area contributed by atoms with Crippen LogP contribution in [-0.2, 0) is 0 Å². The minimum Gasteiger partial charge on any atom is -0.461 e. The van der Waals surface area contributed by atoms with Gasteiger partial charge in [-0.1, -0.05) is 12.1 Å². The average Bonchev–Trinajstić information content (AvgIpc) is 3.37. The van der Waals surface area contributed by atoms with Gasteiger partial charge in [0.1, 0.15) is 18.7 Å². The first-order chi connectivity index (χ1) is 12.4. The lowest BCUT2D eigenvalue weighted by Crippen LogP contribution is -2.29. The highest BCUT2D eigenvalue weighted by atomic mass is 16.7. The number of para-hydroxylation sites is 2. The lowest BCUT2D eigenvalue weighted by atomic mass is 10.3. The number of ether oxygens (including phenoxy) is 1. The molecule has 0 N–H and O–H groups in total. The van der Waals surface area contributed by atoms with Gasteiger partial charge < -0.3 is 9.57 Å². The highest BCUT2D eigenvalue weighted by molar-refractivity contribution is 5.76. The van der Waals surface area contributed by atoms with Gasteiger partial charge in [0.25, 0.3) is 0 Å². The molecule has 1 aromatic heterocycles. The average molecular weight is 344 g/mol. The molecule has 0 atom stereocenters. The van der Waals surface area contributed by atoms with Crippen LogP contribution in [0.4, 0.5) is 0 Å². The first kappa shape index (κ1) is 16.7. The predicted molar refractivity (Wildman–Crippen MR) is 98.0 cm³/mol. The van der Waals surface area contributed by atoms with Gasteiger partial charge in [0.15, 0.2) is 0 Å². The fourth-order valence-electron chi connectivity index (χ4n) is 3.74. The van der Waals surface area contributed by atoms with Crippen molar-refractivity contribution in [1.82, 2.24) is 19.5 Å². The Balaban J connectivity index is 1.39. The third-order valence-corrected chi connectivity index (χ3v) is 5.15. The summed E-state index contributed by atoms with van der Waals surface area (Å²) in [6, 6.07) is 8.62. The summed E-state index contributed by atoms with van der Waals surface area (Å²) < 4.78 is 7.75. The van der Waals surface area contributed by atoms with Crippen LogP contribution < -0.4 is 9.57 Å². The molecule has 0 aliphatic carbocycles. The number of nitrogens with zero attached hydrogens (tertiary/aromatic N) is 4. The molecule has 136 valence electrons. The normalized spacial score (nSPS) is 19.0. The molecule has 0 bridgehead atoms. The van der Waals surface area contributed by atoms with E-state index in [9.17, 15) is 0 Å². The van der Waals surface area contributed by atoms with E-state index in [2.05, 4.69) is 14.8 Å². The molecule has 2 aromatic rings. The van der Waals surface area contributed by atoms with Gasteiger partial charge in [0, 0.05) is 13.1 Å². The zero-order valence-corrected chi connectivity index (χ0v) is 14.9. The van der Waals surface area contributed by atoms with E-state index in [-0.39, 0.29) is 0 Å². The van der Waals surface area contributed by atoms with Crippen molar-refractivity contribution in [3.8, 4) is 6.01 Å². The van der Waals surface area contributed by atoms with Crippen LogP contribution >= 0.6 is 0 Å². The van der Waals surface area contributed by atoms with E-state index < -0.39 is 0 Å². The minimum atomic E-state index is 0.571. The number of likely N-dealkylation sites (tertiary alicyclic amines) is 2. The maximum Gasteiger partial charge on any atom is 0.331 e. The van der Waals surface area contributed by atoms with Crippen LogP contribution in [0.3, 0.4) is 0 Å². The molecule has 0 unspecified atom stereocenters. The van der Waals surface area contributed by atoms with Gasteiger partial charge in [0.2, 0.25) is 0 Å². The van der Waals surface area contributed by atoms with E-state index in [4.69, 9.17) is 9.57 Å². The summed E-state index contributed by atoms with van der Waals surface area (Å²) in [6.07, 6.45) is 5.22. The lowest BCUT2D eigenvalue weighted by molar-refractivity contribution is 0.0738. The molecule has 0 spiro atoms. The second kappa shape index (κ2) is 8.06. The van der Waals surface area contributed by atoms with Crippen LogP contribution in [0.1, 0.15) is 25.7 Å². The highest BCUT2D eigenvalue weighted by Crippen LogP contribution is 2.20. The second-order valence-corrected chi connectivity index (χ2v) is 6.96. The zero-order chi connectivity index (χ0) is 16.9. The number of fused-ring (bicyclic) bond motifs is 1. The number of imidazole rings is 1. The van der Waals surface area contributed by atoms with E-state index >= 15 is 0 Å². The molecule has 3 heterocycles. The van der Waals surface area contributed by atoms with Gasteiger partial charge in [-0.15, -0.1) is 4.73 Å². The molecule has 6 nitrogen and oxygen atoms in total. The van der Waals surface area contributed by atoms with E-state index in [1.807, 2.05) is 24.3 Å². The monoisotopic (exact) mass is 344 g/mol. The van der Waals surface area contributed by atoms with Crippen LogP contribution in [0, 0.1) is 0 Å². The van der Waals surface area contributed by atoms with Crippen LogP contribution in [0.5, 0.6) is 6.01 Å². The molecule has 25 heavy (non-hydrogen) atoms. The minimum absolute atomic E-state index is 0.571. The molecule has 2 aliphatic heterocycles. The second-order valence-electron chi connectivity index (χ2n) is 6.96. The molecule has 4 rings (SSSR count). The number of hydrogen-bond donors (Lipinski definition) is 0. The summed E-state index contributed by atoms with van der Waals surface area (Å²) in [5.74, 6) is 0. The van der Waals surface area contributed by atoms with Crippen molar-refractivity contribution >= 4 is 11.0 Å². The Morgan fingerprint density at radius 3 is 2.20 bits per heavy atom. The fraction of sp³-hybridized carbons (Fsp3) is 0.632. The predicted octanol–water partition coefficient (Wildman–Crippen LogP) is 2.04. The number of aromatic nitrogens is 2. The van der Waals surface area contributed by atoms with Crippen LogP contribution in [0.15, 0.2) is 24.3 Å². The molecule has 0 radical (unpaired) electrons. The van der Waals surface area contributed by atoms with Gasteiger partial charge in [-0.25, -0.2) is 0 Å². The van der Waals surface area contributed by atoms with Gasteiger partial charge in [-0.2, -0.15) is 4.98 Å². The molecule has 1 aromatic carbocycles. The van der Waals surface area contributed by atoms with Crippen molar-refractivity contribution in [3.63, 3.8) is 0 Å². The SMILES string of the molecule is c1ccc2c(c1)nc(OCCN1CCCC1)n2OCCN1CCCC1. The molecule has 0 amide bonds. The van der Waals surface area contributed by atoms with Crippen molar-refractivity contribution < 1.29 is 9.57 Å². The molecular weight excluding hydrogens is 316 g/mol. The molecule has 2 aliphatic rings. The Labute approximate surface area is 149 Å². The summed E-state index contributed by atoms with van der Waals surface area (Å²) in [4.78, 5) is 15.6. The molecule has 2 saturated heterocycles. The van der Waals surface area contributed by atoms with Crippen LogP contribution in [0.2, 0.25) is 0 Å². The molecule has 2 fully saturated rings. The smallest absolute Gasteiger partial charge is 0.331 e. The first-order valence-electron chi connectivity index (χ1n) is 9.58. The van der Waals surface area contributed by atoms with E-state index in [1.54, 1.807) is 4.73 Å². The Hall–Kier alpha value is -1.79. The Morgan fingerprint density at radius 1 is 0.840 bits per heavy atom. The molecule has 6 heteroatoms. The molecular formula is C19H28N4O2. The number of benzene rings is 1. The van der Waals surface area contributed by atoms with Crippen molar-refractivity contribution in [3.05, 3.63) is 24.3 Å². The van der Waals surface area contributed by atoms with Crippen molar-refractivity contribution in [1.29, 1.82) is 0 Å². The lowest BCUT2D eigenvalue weighted by Gasteiger charge is -2.17. The summed E-state index contributed by atoms with van der Waals surface area (Å²) in [5.41, 5.74) is 1.89. The number of rotatable bonds is 8. The zero-order valence-electron chi connectivity index (χ0n) is 14.9. The van der Waals surface area contributed by atoms with Crippen molar-refractivity contribution in [2.24, 2.45) is 0 Å². The fourth-order valence-corrected chi connectivity index (χ4v) is 3.74. The maximum atomic E-state index is 6.05. The molecule has 0 saturated carbocycles. The van der Waals surface area contributed by atoms with Crippen LogP contribution in [0.25, 0.3) is 11.0 Å². The van der Waals surface area contributed by atoms with Gasteiger partial charge >= 0.3 is 6.01 Å². The Morgan fingerprint density at radius 2 is 1.48 bits per heavy atom. The van der Waals surface area contributed by atoms with Gasteiger partial charge in [-0.3, -0.25) is 9.80 Å². The summed E-state index contributed by atoms with van der Waals surface area (Å²) >= 11 is 0. The van der Waals surface area contributed by atoms with E-state index in [0.29, 0.717) is 19.2 Å². The first-order valence-corrected chi connectivity index (χ1v) is 9.58.